The van der Waals surface area contributed by atoms with Gasteiger partial charge in [-0.2, -0.15) is 0 Å². The minimum absolute atomic E-state index is 0.0359. The molecule has 3 saturated carbocycles. The molecule has 0 bridgehead atoms. The van der Waals surface area contributed by atoms with Gasteiger partial charge in [-0.05, 0) is 63.3 Å². The molecule has 0 aliphatic heterocycles. The molecule has 3 aliphatic rings. The molecule has 0 heterocycles. The maximum absolute atomic E-state index is 13.5. The molecule has 5 atom stereocenters. The van der Waals surface area contributed by atoms with Gasteiger partial charge in [0.15, 0.2) is 0 Å². The van der Waals surface area contributed by atoms with E-state index in [1.54, 1.807) is 6.92 Å². The fraction of sp³-hybridized carbons (Fsp3) is 0.821. The first-order valence-electron chi connectivity index (χ1n) is 13.4. The second-order valence-corrected chi connectivity index (χ2v) is 11.0. The predicted molar refractivity (Wildman–Crippen MR) is 131 cm³/mol. The monoisotopic (exact) mass is 459 g/mol. The van der Waals surface area contributed by atoms with Crippen LogP contribution in [0.1, 0.15) is 84.0 Å². The fourth-order valence-electron chi connectivity index (χ4n) is 7.03. The maximum Gasteiger partial charge on any atom is 0.333 e. The lowest BCUT2D eigenvalue weighted by Crippen LogP contribution is -2.44. The van der Waals surface area contributed by atoms with E-state index in [2.05, 4.69) is 11.5 Å². The van der Waals surface area contributed by atoms with Gasteiger partial charge in [0, 0.05) is 36.9 Å². The first-order valence-corrected chi connectivity index (χ1v) is 13.4. The number of nitrogens with zero attached hydrogens (tertiary/aromatic N) is 1. The van der Waals surface area contributed by atoms with Crippen LogP contribution in [0.25, 0.3) is 0 Å². The SMILES string of the molecule is C=C(C)C(=O)OCCN(C)CCC(=O)C1CCCCC2C1C(C=O)CC[C@H]2C1CCCCC1. The zero-order valence-electron chi connectivity index (χ0n) is 20.9. The van der Waals surface area contributed by atoms with Gasteiger partial charge in [0.1, 0.15) is 18.7 Å². The van der Waals surface area contributed by atoms with E-state index in [4.69, 9.17) is 4.74 Å². The third-order valence-corrected chi connectivity index (χ3v) is 8.78. The quantitative estimate of drug-likeness (QED) is 0.254. The standard InChI is InChI=1S/C28H45NO4/c1-20(2)28(32)33-18-17-29(3)16-15-26(31)25-12-8-7-11-24-23(21-9-5-4-6-10-21)14-13-22(19-30)27(24)25/h19,21-25,27H,1,4-18H2,2-3H3/t22?,23-,24?,25?,27?/m0/s1. The highest BCUT2D eigenvalue weighted by Crippen LogP contribution is 2.52. The van der Waals surface area contributed by atoms with Crippen molar-refractivity contribution < 1.29 is 19.1 Å². The molecule has 4 unspecified atom stereocenters. The van der Waals surface area contributed by atoms with Crippen LogP contribution in [0, 0.1) is 35.5 Å². The average Bonchev–Trinajstić information content (AvgIpc) is 3.05. The lowest BCUT2D eigenvalue weighted by atomic mass is 9.57. The summed E-state index contributed by atoms with van der Waals surface area (Å²) < 4.78 is 5.18. The highest BCUT2D eigenvalue weighted by molar-refractivity contribution is 5.86. The molecule has 0 amide bonds. The van der Waals surface area contributed by atoms with Crippen molar-refractivity contribution >= 4 is 18.0 Å². The molecule has 0 aromatic heterocycles. The van der Waals surface area contributed by atoms with Gasteiger partial charge in [-0.25, -0.2) is 4.79 Å². The Morgan fingerprint density at radius 1 is 0.939 bits per heavy atom. The van der Waals surface area contributed by atoms with E-state index in [1.165, 1.54) is 57.7 Å². The van der Waals surface area contributed by atoms with Crippen molar-refractivity contribution in [3.63, 3.8) is 0 Å². The molecule has 5 heteroatoms. The number of hydrogen-bond donors (Lipinski definition) is 0. The topological polar surface area (TPSA) is 63.7 Å². The lowest BCUT2D eigenvalue weighted by molar-refractivity contribution is -0.139. The van der Waals surface area contributed by atoms with Gasteiger partial charge < -0.3 is 14.4 Å². The molecular formula is C28H45NO4. The number of ether oxygens (including phenoxy) is 1. The van der Waals surface area contributed by atoms with Crippen molar-refractivity contribution in [3.8, 4) is 0 Å². The zero-order chi connectivity index (χ0) is 23.8. The van der Waals surface area contributed by atoms with Crippen LogP contribution in [0.3, 0.4) is 0 Å². The molecule has 33 heavy (non-hydrogen) atoms. The molecule has 0 N–H and O–H groups in total. The largest absolute Gasteiger partial charge is 0.461 e. The number of Topliss-reactive ketones (excluding diaryl/α,β-unsaturated/α-hetero) is 1. The summed E-state index contributed by atoms with van der Waals surface area (Å²) in [6, 6.07) is 0. The van der Waals surface area contributed by atoms with E-state index in [1.807, 2.05) is 7.05 Å². The molecule has 5 nitrogen and oxygen atoms in total. The van der Waals surface area contributed by atoms with E-state index < -0.39 is 0 Å². The van der Waals surface area contributed by atoms with E-state index in [0.717, 1.165) is 25.2 Å². The minimum atomic E-state index is -0.367. The summed E-state index contributed by atoms with van der Waals surface area (Å²) >= 11 is 0. The van der Waals surface area contributed by atoms with Crippen LogP contribution in [-0.4, -0.2) is 49.7 Å². The van der Waals surface area contributed by atoms with Crippen LogP contribution in [0.2, 0.25) is 0 Å². The van der Waals surface area contributed by atoms with E-state index in [0.29, 0.717) is 49.3 Å². The molecule has 0 aromatic rings. The lowest BCUT2D eigenvalue weighted by Gasteiger charge is -2.47. The first-order chi connectivity index (χ1) is 15.9. The Bertz CT molecular complexity index is 683. The Morgan fingerprint density at radius 3 is 2.33 bits per heavy atom. The molecule has 186 valence electrons. The van der Waals surface area contributed by atoms with E-state index in [9.17, 15) is 14.4 Å². The Morgan fingerprint density at radius 2 is 1.64 bits per heavy atom. The summed E-state index contributed by atoms with van der Waals surface area (Å²) in [5.74, 6) is 2.39. The van der Waals surface area contributed by atoms with Crippen LogP contribution in [0.4, 0.5) is 0 Å². The summed E-state index contributed by atoms with van der Waals surface area (Å²) in [6.45, 7) is 6.80. The summed E-state index contributed by atoms with van der Waals surface area (Å²) in [6.07, 6.45) is 15.1. The van der Waals surface area contributed by atoms with Crippen molar-refractivity contribution in [1.82, 2.24) is 4.90 Å². The summed E-state index contributed by atoms with van der Waals surface area (Å²) in [5.41, 5.74) is 0.402. The van der Waals surface area contributed by atoms with E-state index >= 15 is 0 Å². The zero-order valence-corrected chi connectivity index (χ0v) is 20.9. The number of carbonyl (C=O) groups is 3. The van der Waals surface area contributed by atoms with Crippen molar-refractivity contribution in [2.75, 3.05) is 26.7 Å². The molecule has 0 spiro atoms. The molecule has 0 saturated heterocycles. The van der Waals surface area contributed by atoms with Crippen LogP contribution < -0.4 is 0 Å². The number of carbonyl (C=O) groups excluding carboxylic acids is 3. The van der Waals surface area contributed by atoms with E-state index in [-0.39, 0.29) is 23.7 Å². The molecular weight excluding hydrogens is 414 g/mol. The predicted octanol–water partition coefficient (Wildman–Crippen LogP) is 5.22. The van der Waals surface area contributed by atoms with Gasteiger partial charge in [0.05, 0.1) is 0 Å². The van der Waals surface area contributed by atoms with Gasteiger partial charge in [-0.3, -0.25) is 4.79 Å². The molecule has 3 aliphatic carbocycles. The number of likely N-dealkylation sites (N-methyl/N-ethyl adjacent to an activating group) is 1. The Kier molecular flexibility index (Phi) is 10.2. The fourth-order valence-corrected chi connectivity index (χ4v) is 7.03. The Labute approximate surface area is 200 Å². The normalized spacial score (nSPS) is 30.8. The highest BCUT2D eigenvalue weighted by atomic mass is 16.5. The molecule has 3 rings (SSSR count). The van der Waals surface area contributed by atoms with Gasteiger partial charge in [0.2, 0.25) is 0 Å². The number of ketones is 1. The van der Waals surface area contributed by atoms with Crippen LogP contribution >= 0.6 is 0 Å². The summed E-state index contributed by atoms with van der Waals surface area (Å²) in [7, 11) is 1.96. The van der Waals surface area contributed by atoms with Gasteiger partial charge in [-0.1, -0.05) is 51.5 Å². The van der Waals surface area contributed by atoms with Crippen LogP contribution in [0.15, 0.2) is 12.2 Å². The van der Waals surface area contributed by atoms with Gasteiger partial charge >= 0.3 is 5.97 Å². The number of rotatable bonds is 10. The Balaban J connectivity index is 1.60. The minimum Gasteiger partial charge on any atom is -0.461 e. The number of fused-ring (bicyclic) bond motifs is 1. The van der Waals surface area contributed by atoms with Crippen molar-refractivity contribution in [1.29, 1.82) is 0 Å². The smallest absolute Gasteiger partial charge is 0.333 e. The first kappa shape index (κ1) is 26.1. The van der Waals surface area contributed by atoms with Crippen molar-refractivity contribution in [2.45, 2.75) is 84.0 Å². The third-order valence-electron chi connectivity index (χ3n) is 8.78. The van der Waals surface area contributed by atoms with Gasteiger partial charge in [-0.15, -0.1) is 0 Å². The maximum atomic E-state index is 13.5. The van der Waals surface area contributed by atoms with Crippen LogP contribution in [0.5, 0.6) is 0 Å². The number of aldehydes is 1. The van der Waals surface area contributed by atoms with Crippen molar-refractivity contribution in [3.05, 3.63) is 12.2 Å². The second kappa shape index (κ2) is 12.8. The number of esters is 1. The third kappa shape index (κ3) is 7.00. The second-order valence-electron chi connectivity index (χ2n) is 11.0. The molecule has 0 radical (unpaired) electrons. The molecule has 0 aromatic carbocycles. The molecule has 3 fully saturated rings. The average molecular weight is 460 g/mol. The summed E-state index contributed by atoms with van der Waals surface area (Å²) in [4.78, 5) is 39.2. The Hall–Kier alpha value is -1.49. The summed E-state index contributed by atoms with van der Waals surface area (Å²) in [5, 5.41) is 0. The van der Waals surface area contributed by atoms with Gasteiger partial charge in [0.25, 0.3) is 0 Å². The number of hydrogen-bond acceptors (Lipinski definition) is 5. The highest BCUT2D eigenvalue weighted by Gasteiger charge is 2.47. The van der Waals surface area contributed by atoms with Crippen LogP contribution in [-0.2, 0) is 19.1 Å². The van der Waals surface area contributed by atoms with Crippen molar-refractivity contribution in [2.24, 2.45) is 35.5 Å².